The van der Waals surface area contributed by atoms with Crippen LogP contribution < -0.4 is 5.32 Å². The number of ketones is 1. The lowest BCUT2D eigenvalue weighted by molar-refractivity contribution is -0.185. The third-order valence-corrected chi connectivity index (χ3v) is 6.67. The zero-order valence-corrected chi connectivity index (χ0v) is 15.3. The number of fused-ring (bicyclic) bond motifs is 1. The van der Waals surface area contributed by atoms with Crippen molar-refractivity contribution in [1.29, 1.82) is 0 Å². The Morgan fingerprint density at radius 2 is 1.85 bits per heavy atom. The van der Waals surface area contributed by atoms with Crippen LogP contribution in [0.1, 0.15) is 57.8 Å². The van der Waals surface area contributed by atoms with E-state index in [0.29, 0.717) is 31.6 Å². The van der Waals surface area contributed by atoms with Crippen molar-refractivity contribution in [2.45, 2.75) is 82.1 Å². The number of halogens is 3. The number of carbonyl (C=O) groups is 1. The molecular formula is C19H31F3N2O2. The van der Waals surface area contributed by atoms with Gasteiger partial charge >= 0.3 is 6.18 Å². The van der Waals surface area contributed by atoms with Gasteiger partial charge in [0.05, 0.1) is 12.5 Å². The summed E-state index contributed by atoms with van der Waals surface area (Å²) in [7, 11) is 0. The summed E-state index contributed by atoms with van der Waals surface area (Å²) in [6.07, 6.45) is 1.62. The predicted octanol–water partition coefficient (Wildman–Crippen LogP) is 2.89. The van der Waals surface area contributed by atoms with Crippen LogP contribution in [0.3, 0.4) is 0 Å². The highest BCUT2D eigenvalue weighted by atomic mass is 19.4. The molecule has 7 heteroatoms. The topological polar surface area (TPSA) is 52.6 Å². The van der Waals surface area contributed by atoms with Crippen LogP contribution >= 0.6 is 0 Å². The maximum atomic E-state index is 13.0. The Balaban J connectivity index is 1.64. The van der Waals surface area contributed by atoms with E-state index in [-0.39, 0.29) is 43.5 Å². The second kappa shape index (κ2) is 8.57. The summed E-state index contributed by atoms with van der Waals surface area (Å²) >= 11 is 0. The van der Waals surface area contributed by atoms with Gasteiger partial charge in [0.2, 0.25) is 0 Å². The molecule has 3 fully saturated rings. The fourth-order valence-corrected chi connectivity index (χ4v) is 5.33. The molecule has 2 aliphatic carbocycles. The van der Waals surface area contributed by atoms with Crippen LogP contribution in [-0.4, -0.2) is 59.8 Å². The van der Waals surface area contributed by atoms with Crippen LogP contribution in [0, 0.1) is 11.8 Å². The summed E-state index contributed by atoms with van der Waals surface area (Å²) < 4.78 is 38.9. The SMILES string of the molecule is O=C1CCCN(C2CCC(C(F)(F)F)CC2)C2CCC(NCCO)CC12. The molecule has 1 saturated heterocycles. The number of aliphatic hydroxyl groups excluding tert-OH is 1. The molecule has 2 saturated carbocycles. The Labute approximate surface area is 153 Å². The second-order valence-electron chi connectivity index (χ2n) is 8.22. The van der Waals surface area contributed by atoms with Crippen molar-refractivity contribution in [1.82, 2.24) is 10.2 Å². The van der Waals surface area contributed by atoms with Gasteiger partial charge in [0.1, 0.15) is 5.78 Å². The van der Waals surface area contributed by atoms with E-state index in [0.717, 1.165) is 32.2 Å². The van der Waals surface area contributed by atoms with Gasteiger partial charge in [0.25, 0.3) is 0 Å². The summed E-state index contributed by atoms with van der Waals surface area (Å²) in [6.45, 7) is 1.47. The minimum Gasteiger partial charge on any atom is -0.395 e. The molecule has 150 valence electrons. The summed E-state index contributed by atoms with van der Waals surface area (Å²) in [5.41, 5.74) is 0. The molecule has 3 aliphatic rings. The lowest BCUT2D eigenvalue weighted by Gasteiger charge is -2.46. The van der Waals surface area contributed by atoms with Gasteiger partial charge in [-0.15, -0.1) is 0 Å². The van der Waals surface area contributed by atoms with Crippen LogP contribution in [0.2, 0.25) is 0 Å². The maximum Gasteiger partial charge on any atom is 0.391 e. The van der Waals surface area contributed by atoms with Gasteiger partial charge in [-0.1, -0.05) is 0 Å². The molecule has 1 aliphatic heterocycles. The van der Waals surface area contributed by atoms with Crippen molar-refractivity contribution in [2.24, 2.45) is 11.8 Å². The van der Waals surface area contributed by atoms with Crippen LogP contribution in [0.4, 0.5) is 13.2 Å². The number of aliphatic hydroxyl groups is 1. The number of rotatable bonds is 4. The first-order valence-corrected chi connectivity index (χ1v) is 10.1. The predicted molar refractivity (Wildman–Crippen MR) is 92.8 cm³/mol. The van der Waals surface area contributed by atoms with Gasteiger partial charge in [-0.25, -0.2) is 0 Å². The standard InChI is InChI=1S/C19H31F3N2O2/c20-19(21,22)13-3-6-15(7-4-13)24-10-1-2-18(26)16-12-14(23-9-11-25)5-8-17(16)24/h13-17,23,25H,1-12H2. The van der Waals surface area contributed by atoms with Gasteiger partial charge in [0.15, 0.2) is 0 Å². The largest absolute Gasteiger partial charge is 0.395 e. The number of nitrogens with one attached hydrogen (secondary N) is 1. The lowest BCUT2D eigenvalue weighted by atomic mass is 9.76. The molecule has 3 atom stereocenters. The van der Waals surface area contributed by atoms with Crippen molar-refractivity contribution in [3.05, 3.63) is 0 Å². The van der Waals surface area contributed by atoms with Crippen molar-refractivity contribution < 1.29 is 23.1 Å². The van der Waals surface area contributed by atoms with E-state index >= 15 is 0 Å². The molecule has 3 unspecified atom stereocenters. The molecule has 0 aromatic heterocycles. The van der Waals surface area contributed by atoms with Crippen LogP contribution in [0.25, 0.3) is 0 Å². The van der Waals surface area contributed by atoms with Crippen molar-refractivity contribution in [3.63, 3.8) is 0 Å². The van der Waals surface area contributed by atoms with Gasteiger partial charge < -0.3 is 10.4 Å². The zero-order valence-electron chi connectivity index (χ0n) is 15.3. The van der Waals surface area contributed by atoms with Gasteiger partial charge in [0, 0.05) is 37.0 Å². The quantitative estimate of drug-likeness (QED) is 0.792. The monoisotopic (exact) mass is 376 g/mol. The van der Waals surface area contributed by atoms with Gasteiger partial charge in [-0.3, -0.25) is 9.69 Å². The fraction of sp³-hybridized carbons (Fsp3) is 0.947. The van der Waals surface area contributed by atoms with E-state index in [1.54, 1.807) is 0 Å². The number of alkyl halides is 3. The number of hydrogen-bond donors (Lipinski definition) is 2. The second-order valence-corrected chi connectivity index (χ2v) is 8.22. The molecule has 0 aromatic carbocycles. The lowest BCUT2D eigenvalue weighted by Crippen LogP contribution is -2.53. The molecule has 0 amide bonds. The van der Waals surface area contributed by atoms with E-state index in [1.807, 2.05) is 0 Å². The average Bonchev–Trinajstić information content (AvgIpc) is 2.78. The van der Waals surface area contributed by atoms with Crippen molar-refractivity contribution >= 4 is 5.78 Å². The normalized spacial score (nSPS) is 37.2. The third-order valence-electron chi connectivity index (χ3n) is 6.67. The van der Waals surface area contributed by atoms with E-state index < -0.39 is 12.1 Å². The molecule has 1 heterocycles. The highest BCUT2D eigenvalue weighted by molar-refractivity contribution is 5.82. The summed E-state index contributed by atoms with van der Waals surface area (Å²) in [5.74, 6) is -0.846. The molecule has 4 nitrogen and oxygen atoms in total. The van der Waals surface area contributed by atoms with E-state index in [2.05, 4.69) is 10.2 Å². The number of hydrogen-bond acceptors (Lipinski definition) is 4. The Morgan fingerprint density at radius 3 is 2.50 bits per heavy atom. The Hall–Kier alpha value is -0.660. The number of nitrogens with zero attached hydrogens (tertiary/aromatic N) is 1. The number of carbonyl (C=O) groups excluding carboxylic acids is 1. The minimum atomic E-state index is -4.07. The Bertz CT molecular complexity index is 478. The van der Waals surface area contributed by atoms with E-state index in [1.165, 1.54) is 0 Å². The minimum absolute atomic E-state index is 0.0113. The Kier molecular flexibility index (Phi) is 6.62. The fourth-order valence-electron chi connectivity index (χ4n) is 5.33. The highest BCUT2D eigenvalue weighted by Crippen LogP contribution is 2.41. The molecule has 0 spiro atoms. The third kappa shape index (κ3) is 4.60. The van der Waals surface area contributed by atoms with Crippen molar-refractivity contribution in [3.8, 4) is 0 Å². The first-order chi connectivity index (χ1) is 12.4. The molecule has 2 N–H and O–H groups in total. The van der Waals surface area contributed by atoms with E-state index in [4.69, 9.17) is 5.11 Å². The Morgan fingerprint density at radius 1 is 1.12 bits per heavy atom. The average molecular weight is 376 g/mol. The van der Waals surface area contributed by atoms with Gasteiger partial charge in [-0.05, 0) is 57.9 Å². The molecule has 0 radical (unpaired) electrons. The van der Waals surface area contributed by atoms with Crippen LogP contribution in [0.15, 0.2) is 0 Å². The number of likely N-dealkylation sites (tertiary alicyclic amines) is 1. The maximum absolute atomic E-state index is 13.0. The smallest absolute Gasteiger partial charge is 0.391 e. The molecule has 0 aromatic rings. The molecule has 26 heavy (non-hydrogen) atoms. The van der Waals surface area contributed by atoms with Crippen LogP contribution in [0.5, 0.6) is 0 Å². The van der Waals surface area contributed by atoms with E-state index in [9.17, 15) is 18.0 Å². The highest BCUT2D eigenvalue weighted by Gasteiger charge is 2.45. The molecule has 0 bridgehead atoms. The molecular weight excluding hydrogens is 345 g/mol. The zero-order chi connectivity index (χ0) is 18.7. The summed E-state index contributed by atoms with van der Waals surface area (Å²) in [5, 5.41) is 12.3. The summed E-state index contributed by atoms with van der Waals surface area (Å²) in [6, 6.07) is 0.631. The van der Waals surface area contributed by atoms with Gasteiger partial charge in [-0.2, -0.15) is 13.2 Å². The first-order valence-electron chi connectivity index (χ1n) is 10.1. The first kappa shape index (κ1) is 20.1. The van der Waals surface area contributed by atoms with Crippen molar-refractivity contribution in [2.75, 3.05) is 19.7 Å². The van der Waals surface area contributed by atoms with Crippen LogP contribution in [-0.2, 0) is 4.79 Å². The summed E-state index contributed by atoms with van der Waals surface area (Å²) in [4.78, 5) is 15.0. The number of Topliss-reactive ketones (excluding diaryl/α,β-unsaturated/α-hetero) is 1. The molecule has 3 rings (SSSR count).